The highest BCUT2D eigenvalue weighted by Gasteiger charge is 2.28. The van der Waals surface area contributed by atoms with Gasteiger partial charge in [-0.3, -0.25) is 0 Å². The van der Waals surface area contributed by atoms with Gasteiger partial charge in [-0.1, -0.05) is 56.7 Å². The van der Waals surface area contributed by atoms with Crippen molar-refractivity contribution in [3.05, 3.63) is 23.6 Å². The molecule has 0 amide bonds. The van der Waals surface area contributed by atoms with Crippen molar-refractivity contribution in [3.8, 4) is 0 Å². The lowest BCUT2D eigenvalue weighted by molar-refractivity contribution is 0.570. The predicted molar refractivity (Wildman–Crippen MR) is 93.4 cm³/mol. The second kappa shape index (κ2) is 9.73. The van der Waals surface area contributed by atoms with Crippen LogP contribution >= 0.6 is 0 Å². The van der Waals surface area contributed by atoms with E-state index in [9.17, 15) is 0 Å². The van der Waals surface area contributed by atoms with E-state index in [2.05, 4.69) is 63.6 Å². The maximum Gasteiger partial charge on any atom is 0.198 e. The summed E-state index contributed by atoms with van der Waals surface area (Å²) < 4.78 is 6.46. The van der Waals surface area contributed by atoms with E-state index in [0.29, 0.717) is 0 Å². The number of unbranched alkanes of at least 4 members (excludes halogenated alkanes) is 4. The van der Waals surface area contributed by atoms with Crippen LogP contribution in [0.15, 0.2) is 23.6 Å². The molecule has 112 valence electrons. The number of hydrogen-bond acceptors (Lipinski definition) is 1. The van der Waals surface area contributed by atoms with Gasteiger partial charge in [-0.15, -0.1) is 0 Å². The minimum atomic E-state index is -1.63. The van der Waals surface area contributed by atoms with Crippen molar-refractivity contribution in [1.29, 1.82) is 0 Å². The second-order valence-corrected chi connectivity index (χ2v) is 14.3. The molecule has 0 heterocycles. The number of rotatable bonds is 10. The van der Waals surface area contributed by atoms with Gasteiger partial charge in [0.2, 0.25) is 0 Å². The lowest BCUT2D eigenvalue weighted by Gasteiger charge is -2.29. The second-order valence-electron chi connectivity index (χ2n) is 6.37. The third-order valence-electron chi connectivity index (χ3n) is 3.02. The summed E-state index contributed by atoms with van der Waals surface area (Å²) in [7, 11) is -3.24. The largest absolute Gasteiger partial charge is 0.449 e. The van der Waals surface area contributed by atoms with Crippen molar-refractivity contribution in [3.63, 3.8) is 0 Å². The lowest BCUT2D eigenvalue weighted by atomic mass is 10.2. The van der Waals surface area contributed by atoms with Crippen LogP contribution in [0.1, 0.15) is 52.4 Å². The molecule has 19 heavy (non-hydrogen) atoms. The molecule has 0 spiro atoms. The molecule has 0 aromatic heterocycles. The Morgan fingerprint density at radius 1 is 0.789 bits per heavy atom. The van der Waals surface area contributed by atoms with E-state index < -0.39 is 16.6 Å². The van der Waals surface area contributed by atoms with Crippen LogP contribution in [-0.2, 0) is 4.12 Å². The number of allylic oxidation sites excluding steroid dienone is 2. The van der Waals surface area contributed by atoms with E-state index in [-0.39, 0.29) is 0 Å². The Hall–Kier alpha value is -0.126. The van der Waals surface area contributed by atoms with Gasteiger partial charge in [-0.2, -0.15) is 0 Å². The first-order valence-corrected chi connectivity index (χ1v) is 13.9. The molecule has 0 atom stereocenters. The average Bonchev–Trinajstić information content (AvgIpc) is 2.30. The van der Waals surface area contributed by atoms with Crippen LogP contribution in [0.3, 0.4) is 0 Å². The van der Waals surface area contributed by atoms with Gasteiger partial charge < -0.3 is 4.12 Å². The van der Waals surface area contributed by atoms with E-state index in [1.54, 1.807) is 0 Å². The summed E-state index contributed by atoms with van der Waals surface area (Å²) in [6.45, 7) is 13.6. The molecule has 0 aliphatic rings. The highest BCUT2D eigenvalue weighted by atomic mass is 28.4. The predicted octanol–water partition coefficient (Wildman–Crippen LogP) is 5.98. The Bertz CT molecular complexity index is 280. The monoisotopic (exact) mass is 298 g/mol. The highest BCUT2D eigenvalue weighted by Crippen LogP contribution is 2.17. The van der Waals surface area contributed by atoms with Gasteiger partial charge in [0.15, 0.2) is 16.6 Å². The maximum atomic E-state index is 6.46. The third kappa shape index (κ3) is 11.4. The van der Waals surface area contributed by atoms with Crippen LogP contribution in [0.25, 0.3) is 0 Å². The van der Waals surface area contributed by atoms with Gasteiger partial charge in [0.25, 0.3) is 0 Å². The minimum Gasteiger partial charge on any atom is -0.449 e. The summed E-state index contributed by atoms with van der Waals surface area (Å²) in [5.41, 5.74) is 4.71. The van der Waals surface area contributed by atoms with Crippen LogP contribution in [0, 0.1) is 0 Å². The van der Waals surface area contributed by atoms with Gasteiger partial charge in [0, 0.05) is 0 Å². The SMILES string of the molecule is CC/C=C/[Si](C)(C)O[Si](C)(C)/C=C/CCCCCC. The fourth-order valence-corrected chi connectivity index (χ4v) is 9.71. The first-order valence-electron chi connectivity index (χ1n) is 7.88. The molecule has 0 fully saturated rings. The molecule has 0 rings (SSSR count). The Morgan fingerprint density at radius 3 is 1.89 bits per heavy atom. The summed E-state index contributed by atoms with van der Waals surface area (Å²) >= 11 is 0. The molecule has 0 aromatic carbocycles. The van der Waals surface area contributed by atoms with Crippen LogP contribution in [0.2, 0.25) is 26.2 Å². The zero-order valence-electron chi connectivity index (χ0n) is 14.0. The zero-order chi connectivity index (χ0) is 14.8. The minimum absolute atomic E-state index is 1.11. The molecule has 3 heteroatoms. The van der Waals surface area contributed by atoms with E-state index >= 15 is 0 Å². The Labute approximate surface area is 123 Å². The van der Waals surface area contributed by atoms with Crippen LogP contribution in [0.4, 0.5) is 0 Å². The van der Waals surface area contributed by atoms with Crippen molar-refractivity contribution in [2.45, 2.75) is 78.6 Å². The van der Waals surface area contributed by atoms with E-state index in [0.717, 1.165) is 6.42 Å². The van der Waals surface area contributed by atoms with Gasteiger partial charge >= 0.3 is 0 Å². The van der Waals surface area contributed by atoms with Crippen LogP contribution in [-0.4, -0.2) is 16.6 Å². The Kier molecular flexibility index (Phi) is 9.66. The van der Waals surface area contributed by atoms with Crippen molar-refractivity contribution in [1.82, 2.24) is 0 Å². The van der Waals surface area contributed by atoms with Gasteiger partial charge in [0.05, 0.1) is 0 Å². The molecule has 0 aliphatic carbocycles. The fourth-order valence-electron chi connectivity index (χ4n) is 2.20. The molecule has 0 saturated heterocycles. The summed E-state index contributed by atoms with van der Waals surface area (Å²) in [6, 6.07) is 0. The lowest BCUT2D eigenvalue weighted by Crippen LogP contribution is -2.42. The fraction of sp³-hybridized carbons (Fsp3) is 0.750. The van der Waals surface area contributed by atoms with Gasteiger partial charge in [-0.05, 0) is 45.5 Å². The molecule has 0 saturated carbocycles. The molecule has 0 radical (unpaired) electrons. The summed E-state index contributed by atoms with van der Waals surface area (Å²) in [5.74, 6) is 0. The topological polar surface area (TPSA) is 9.23 Å². The Balaban J connectivity index is 4.15. The molecule has 0 unspecified atom stereocenters. The number of hydrogen-bond donors (Lipinski definition) is 0. The van der Waals surface area contributed by atoms with Crippen molar-refractivity contribution < 1.29 is 4.12 Å². The summed E-state index contributed by atoms with van der Waals surface area (Å²) in [5, 5.41) is 0. The molecule has 1 nitrogen and oxygen atoms in total. The smallest absolute Gasteiger partial charge is 0.198 e. The van der Waals surface area contributed by atoms with Crippen LogP contribution in [0.5, 0.6) is 0 Å². The van der Waals surface area contributed by atoms with Crippen LogP contribution < -0.4 is 0 Å². The summed E-state index contributed by atoms with van der Waals surface area (Å²) in [6.07, 6.45) is 12.3. The molecule has 0 aliphatic heterocycles. The molecule has 0 N–H and O–H groups in total. The van der Waals surface area contributed by atoms with Crippen molar-refractivity contribution in [2.75, 3.05) is 0 Å². The molecule has 0 aromatic rings. The first kappa shape index (κ1) is 18.9. The normalized spacial score (nSPS) is 13.8. The maximum absolute atomic E-state index is 6.46. The van der Waals surface area contributed by atoms with Crippen molar-refractivity contribution >= 4 is 16.6 Å². The average molecular weight is 299 g/mol. The van der Waals surface area contributed by atoms with Gasteiger partial charge in [0.1, 0.15) is 0 Å². The van der Waals surface area contributed by atoms with E-state index in [4.69, 9.17) is 4.12 Å². The quantitative estimate of drug-likeness (QED) is 0.356. The standard InChI is InChI=1S/C16H34OSi2/c1-7-9-11-12-13-14-16-19(5,6)17-18(3,4)15-10-8-2/h10,14-16H,7-9,11-13H2,1-6H3/b15-10+,16-14+. The van der Waals surface area contributed by atoms with Gasteiger partial charge in [-0.25, -0.2) is 0 Å². The molecular weight excluding hydrogens is 264 g/mol. The van der Waals surface area contributed by atoms with E-state index in [1.165, 1.54) is 32.1 Å². The first-order chi connectivity index (χ1) is 8.83. The summed E-state index contributed by atoms with van der Waals surface area (Å²) in [4.78, 5) is 0. The van der Waals surface area contributed by atoms with E-state index in [1.807, 2.05) is 0 Å². The third-order valence-corrected chi connectivity index (χ3v) is 9.31. The zero-order valence-corrected chi connectivity index (χ0v) is 16.0. The molecule has 0 bridgehead atoms. The van der Waals surface area contributed by atoms with Crippen molar-refractivity contribution in [2.24, 2.45) is 0 Å². The Morgan fingerprint density at radius 2 is 1.37 bits per heavy atom. The molecular formula is C16H34OSi2. The highest BCUT2D eigenvalue weighted by molar-refractivity contribution is 6.89.